The van der Waals surface area contributed by atoms with Crippen molar-refractivity contribution in [3.8, 4) is 0 Å². The van der Waals surface area contributed by atoms with Crippen LogP contribution < -0.4 is 5.32 Å². The summed E-state index contributed by atoms with van der Waals surface area (Å²) in [7, 11) is 0. The minimum Gasteiger partial charge on any atom is -0.460 e. The highest BCUT2D eigenvalue weighted by Crippen LogP contribution is 2.11. The summed E-state index contributed by atoms with van der Waals surface area (Å²) in [5.74, 6) is -0.357. The Morgan fingerprint density at radius 3 is 1.19 bits per heavy atom. The van der Waals surface area contributed by atoms with E-state index in [0.29, 0.717) is 118 Å². The molecule has 0 aromatic heterocycles. The molecule has 0 amide bonds. The van der Waals surface area contributed by atoms with Crippen LogP contribution in [0.4, 0.5) is 5.69 Å². The number of anilines is 1. The van der Waals surface area contributed by atoms with Crippen molar-refractivity contribution in [1.29, 1.82) is 0 Å². The van der Waals surface area contributed by atoms with E-state index in [1.807, 2.05) is 12.1 Å². The minimum atomic E-state index is -0.357. The zero-order valence-electron chi connectivity index (χ0n) is 29.9. The molecule has 0 unspecified atom stereocenters. The summed E-state index contributed by atoms with van der Waals surface area (Å²) in [6.45, 7) is 14.9. The molecule has 1 rings (SSSR count). The van der Waals surface area contributed by atoms with E-state index in [2.05, 4.69) is 19.2 Å². The Morgan fingerprint density at radius 2 is 0.792 bits per heavy atom. The Kier molecular flexibility index (Phi) is 33.5. The lowest BCUT2D eigenvalue weighted by atomic mass is 10.2. The summed E-state index contributed by atoms with van der Waals surface area (Å²) >= 11 is 0. The van der Waals surface area contributed by atoms with Gasteiger partial charge in [0.05, 0.1) is 118 Å². The van der Waals surface area contributed by atoms with Gasteiger partial charge >= 0.3 is 5.97 Å². The molecule has 0 heterocycles. The van der Waals surface area contributed by atoms with Gasteiger partial charge in [0, 0.05) is 18.8 Å². The van der Waals surface area contributed by atoms with Gasteiger partial charge in [0.15, 0.2) is 0 Å². The average Bonchev–Trinajstić information content (AvgIpc) is 3.10. The Balaban J connectivity index is 1.70. The number of rotatable bonds is 38. The van der Waals surface area contributed by atoms with Crippen LogP contribution in [-0.2, 0) is 47.4 Å². The van der Waals surface area contributed by atoms with Gasteiger partial charge in [-0.2, -0.15) is 0 Å². The summed E-state index contributed by atoms with van der Waals surface area (Å²) in [6.07, 6.45) is 8.51. The van der Waals surface area contributed by atoms with E-state index < -0.39 is 0 Å². The highest BCUT2D eigenvalue weighted by molar-refractivity contribution is 5.89. The summed E-state index contributed by atoms with van der Waals surface area (Å²) in [5.41, 5.74) is 1.52. The van der Waals surface area contributed by atoms with Gasteiger partial charge in [0.1, 0.15) is 6.61 Å². The molecule has 0 saturated carbocycles. The number of ether oxygens (including phenoxy) is 10. The summed E-state index contributed by atoms with van der Waals surface area (Å²) < 4.78 is 54.7. The molecule has 0 bridgehead atoms. The number of carbonyl (C=O) groups excluding carboxylic acids is 1. The van der Waals surface area contributed by atoms with Crippen LogP contribution in [0.15, 0.2) is 24.3 Å². The second-order valence-corrected chi connectivity index (χ2v) is 10.9. The van der Waals surface area contributed by atoms with E-state index in [1.54, 1.807) is 12.1 Å². The number of esters is 1. The van der Waals surface area contributed by atoms with Crippen LogP contribution in [0, 0.1) is 0 Å². The third-order valence-electron chi connectivity index (χ3n) is 6.81. The Hall–Kier alpha value is -1.87. The van der Waals surface area contributed by atoms with Crippen LogP contribution in [0.2, 0.25) is 0 Å². The largest absolute Gasteiger partial charge is 0.460 e. The van der Waals surface area contributed by atoms with Crippen molar-refractivity contribution >= 4 is 11.7 Å². The van der Waals surface area contributed by atoms with Crippen molar-refractivity contribution in [3.63, 3.8) is 0 Å². The molecule has 1 aromatic rings. The predicted molar refractivity (Wildman–Crippen MR) is 186 cm³/mol. The van der Waals surface area contributed by atoms with Crippen molar-refractivity contribution in [2.45, 2.75) is 58.8 Å². The fourth-order valence-corrected chi connectivity index (χ4v) is 4.08. The van der Waals surface area contributed by atoms with Gasteiger partial charge < -0.3 is 52.7 Å². The molecular formula is C36H65NO11. The number of nitrogens with one attached hydrogen (secondary N) is 1. The van der Waals surface area contributed by atoms with E-state index >= 15 is 0 Å². The molecule has 0 aliphatic carbocycles. The monoisotopic (exact) mass is 687 g/mol. The Bertz CT molecular complexity index is 801. The lowest BCUT2D eigenvalue weighted by Crippen LogP contribution is -2.15. The van der Waals surface area contributed by atoms with Gasteiger partial charge in [0.2, 0.25) is 0 Å². The zero-order valence-corrected chi connectivity index (χ0v) is 29.9. The molecule has 0 aliphatic heterocycles. The number of hydrogen-bond acceptors (Lipinski definition) is 12. The van der Waals surface area contributed by atoms with Gasteiger partial charge in [-0.15, -0.1) is 0 Å². The van der Waals surface area contributed by atoms with Crippen LogP contribution in [-0.4, -0.2) is 138 Å². The Morgan fingerprint density at radius 1 is 0.438 bits per heavy atom. The molecular weight excluding hydrogens is 622 g/mol. The molecule has 12 heteroatoms. The number of carbonyl (C=O) groups is 1. The van der Waals surface area contributed by atoms with Crippen molar-refractivity contribution in [1.82, 2.24) is 0 Å². The number of benzene rings is 1. The SMILES string of the molecule is CCCCCCCOCCOCCOCCOCCOCCOCCOCCOCCOCCOC(=O)c1ccc(NCCCC)cc1. The minimum absolute atomic E-state index is 0.194. The van der Waals surface area contributed by atoms with Crippen LogP contribution in [0.1, 0.15) is 69.2 Å². The maximum atomic E-state index is 12.1. The molecule has 12 nitrogen and oxygen atoms in total. The second kappa shape index (κ2) is 36.4. The van der Waals surface area contributed by atoms with Crippen LogP contribution >= 0.6 is 0 Å². The maximum absolute atomic E-state index is 12.1. The first-order valence-corrected chi connectivity index (χ1v) is 18.0. The average molecular weight is 688 g/mol. The topological polar surface area (TPSA) is 121 Å². The molecule has 1 aromatic carbocycles. The third-order valence-corrected chi connectivity index (χ3v) is 6.81. The van der Waals surface area contributed by atoms with Crippen molar-refractivity contribution in [3.05, 3.63) is 29.8 Å². The maximum Gasteiger partial charge on any atom is 0.338 e. The van der Waals surface area contributed by atoms with Gasteiger partial charge in [-0.25, -0.2) is 4.79 Å². The van der Waals surface area contributed by atoms with E-state index in [9.17, 15) is 4.79 Å². The van der Waals surface area contributed by atoms with E-state index in [1.165, 1.54) is 25.7 Å². The summed E-state index contributed by atoms with van der Waals surface area (Å²) in [6, 6.07) is 7.30. The van der Waals surface area contributed by atoms with Gasteiger partial charge in [-0.3, -0.25) is 0 Å². The zero-order chi connectivity index (χ0) is 34.4. The first-order chi connectivity index (χ1) is 23.8. The molecule has 0 saturated heterocycles. The quantitative estimate of drug-likeness (QED) is 0.0729. The molecule has 0 atom stereocenters. The fourth-order valence-electron chi connectivity index (χ4n) is 4.08. The molecule has 0 radical (unpaired) electrons. The molecule has 280 valence electrons. The molecule has 48 heavy (non-hydrogen) atoms. The highest BCUT2D eigenvalue weighted by atomic mass is 16.6. The standard InChI is InChI=1S/C36H65NO11/c1-3-5-7-8-9-15-39-16-17-40-18-19-41-20-21-42-22-23-43-24-25-44-26-27-45-28-29-46-30-31-47-32-33-48-36(38)34-10-12-35(13-11-34)37-14-6-4-2/h10-13,37H,3-9,14-33H2,1-2H3. The smallest absolute Gasteiger partial charge is 0.338 e. The van der Waals surface area contributed by atoms with Crippen LogP contribution in [0.5, 0.6) is 0 Å². The van der Waals surface area contributed by atoms with Crippen LogP contribution in [0.25, 0.3) is 0 Å². The van der Waals surface area contributed by atoms with E-state index in [4.69, 9.17) is 47.4 Å². The van der Waals surface area contributed by atoms with Crippen LogP contribution in [0.3, 0.4) is 0 Å². The lowest BCUT2D eigenvalue weighted by Gasteiger charge is -2.09. The van der Waals surface area contributed by atoms with Gasteiger partial charge in [-0.05, 0) is 37.1 Å². The van der Waals surface area contributed by atoms with Crippen molar-refractivity contribution < 1.29 is 52.2 Å². The fraction of sp³-hybridized carbons (Fsp3) is 0.806. The third kappa shape index (κ3) is 30.2. The van der Waals surface area contributed by atoms with Crippen molar-refractivity contribution in [2.24, 2.45) is 0 Å². The number of unbranched alkanes of at least 4 members (excludes halogenated alkanes) is 5. The first-order valence-electron chi connectivity index (χ1n) is 18.0. The Labute approximate surface area is 289 Å². The summed E-state index contributed by atoms with van der Waals surface area (Å²) in [5, 5.41) is 3.32. The molecule has 0 aliphatic rings. The lowest BCUT2D eigenvalue weighted by molar-refractivity contribution is -0.0259. The molecule has 0 fully saturated rings. The van der Waals surface area contributed by atoms with E-state index in [-0.39, 0.29) is 12.6 Å². The molecule has 0 spiro atoms. The second-order valence-electron chi connectivity index (χ2n) is 10.9. The van der Waals surface area contributed by atoms with Gasteiger partial charge in [-0.1, -0.05) is 46.0 Å². The van der Waals surface area contributed by atoms with Gasteiger partial charge in [0.25, 0.3) is 0 Å². The predicted octanol–water partition coefficient (Wildman–Crippen LogP) is 5.18. The normalized spacial score (nSPS) is 11.3. The van der Waals surface area contributed by atoms with Crippen molar-refractivity contribution in [2.75, 3.05) is 137 Å². The first kappa shape index (κ1) is 44.2. The summed E-state index contributed by atoms with van der Waals surface area (Å²) in [4.78, 5) is 12.1. The van der Waals surface area contributed by atoms with E-state index in [0.717, 1.165) is 38.1 Å². The molecule has 1 N–H and O–H groups in total. The highest BCUT2D eigenvalue weighted by Gasteiger charge is 2.06. The number of hydrogen-bond donors (Lipinski definition) is 1.